The van der Waals surface area contributed by atoms with Crippen LogP contribution in [0.25, 0.3) is 0 Å². The zero-order valence-electron chi connectivity index (χ0n) is 12.6. The zero-order valence-corrected chi connectivity index (χ0v) is 13.4. The molecular weight excluding hydrogens is 296 g/mol. The topological polar surface area (TPSA) is 42.5 Å². The number of benzene rings is 1. The van der Waals surface area contributed by atoms with E-state index >= 15 is 0 Å². The summed E-state index contributed by atoms with van der Waals surface area (Å²) in [5.74, 6) is 0.627. The Morgan fingerprint density at radius 2 is 1.86 bits per heavy atom. The van der Waals surface area contributed by atoms with Crippen molar-refractivity contribution < 1.29 is 14.1 Å². The van der Waals surface area contributed by atoms with Gasteiger partial charge in [0.1, 0.15) is 5.75 Å². The highest BCUT2D eigenvalue weighted by molar-refractivity contribution is 7.77. The second-order valence-corrected chi connectivity index (χ2v) is 5.05. The molecule has 0 spiro atoms. The van der Waals surface area contributed by atoms with Gasteiger partial charge in [0.15, 0.2) is 12.4 Å². The number of hydrogen-bond acceptors (Lipinski definition) is 4. The van der Waals surface area contributed by atoms with Crippen LogP contribution in [0, 0.1) is 0 Å². The molecule has 1 unspecified atom stereocenters. The van der Waals surface area contributed by atoms with Crippen molar-refractivity contribution in [1.82, 2.24) is 0 Å². The minimum absolute atomic E-state index is 0.0824. The van der Waals surface area contributed by atoms with Crippen LogP contribution in [0.3, 0.4) is 0 Å². The Hall–Kier alpha value is -2.27. The lowest BCUT2D eigenvalue weighted by atomic mass is 10.0. The molecule has 2 rings (SSSR count). The first-order valence-corrected chi connectivity index (χ1v) is 7.43. The second-order valence-electron chi connectivity index (χ2n) is 4.63. The second kappa shape index (κ2) is 7.66. The Morgan fingerprint density at radius 3 is 2.41 bits per heavy atom. The molecule has 2 aromatic rings. The molecule has 0 aliphatic rings. The molecule has 0 saturated carbocycles. The standard InChI is InChI=1S/C17H18N2O2S/c1-3-18-17(22)15(19-11-5-4-6-12-19)16(20)13-7-9-14(21-2)10-8-13/h4-12,15H,3H2,1-2H3. The number of carbonyl (C=O) groups is 1. The van der Waals surface area contributed by atoms with Crippen molar-refractivity contribution in [3.05, 3.63) is 60.4 Å². The molecule has 1 aromatic heterocycles. The third-order valence-corrected chi connectivity index (χ3v) is 3.56. The number of methoxy groups -OCH3 is 1. The minimum Gasteiger partial charge on any atom is -0.758 e. The van der Waals surface area contributed by atoms with E-state index in [9.17, 15) is 4.79 Å². The lowest BCUT2D eigenvalue weighted by molar-refractivity contribution is -0.691. The SMILES string of the molecule is CCN=C([S-])C(C(=O)c1ccc(OC)cc1)[n+]1ccccc1. The Labute approximate surface area is 135 Å². The molecule has 22 heavy (non-hydrogen) atoms. The number of aromatic nitrogens is 1. The van der Waals surface area contributed by atoms with Gasteiger partial charge in [-0.1, -0.05) is 6.07 Å². The van der Waals surface area contributed by atoms with Gasteiger partial charge in [-0.3, -0.25) is 4.79 Å². The molecule has 0 radical (unpaired) electrons. The van der Waals surface area contributed by atoms with Gasteiger partial charge < -0.3 is 22.4 Å². The highest BCUT2D eigenvalue weighted by atomic mass is 32.1. The van der Waals surface area contributed by atoms with Crippen LogP contribution in [-0.4, -0.2) is 24.5 Å². The number of pyridine rings is 1. The fourth-order valence-corrected chi connectivity index (χ4v) is 2.47. The van der Waals surface area contributed by atoms with Crippen LogP contribution in [-0.2, 0) is 12.6 Å². The van der Waals surface area contributed by atoms with E-state index in [1.54, 1.807) is 35.9 Å². The van der Waals surface area contributed by atoms with Gasteiger partial charge in [0.25, 0.3) is 0 Å². The summed E-state index contributed by atoms with van der Waals surface area (Å²) < 4.78 is 6.91. The van der Waals surface area contributed by atoms with Crippen LogP contribution < -0.4 is 9.30 Å². The van der Waals surface area contributed by atoms with Crippen LogP contribution in [0.1, 0.15) is 23.3 Å². The maximum absolute atomic E-state index is 12.9. The molecular formula is C17H18N2O2S. The van der Waals surface area contributed by atoms with Crippen LogP contribution in [0.5, 0.6) is 5.75 Å². The smallest absolute Gasteiger partial charge is 0.237 e. The van der Waals surface area contributed by atoms with Crippen LogP contribution in [0.15, 0.2) is 59.9 Å². The molecule has 1 aromatic carbocycles. The van der Waals surface area contributed by atoms with E-state index < -0.39 is 6.04 Å². The number of Topliss-reactive ketones (excluding diaryl/α,β-unsaturated/α-hetero) is 1. The van der Waals surface area contributed by atoms with Gasteiger partial charge in [0, 0.05) is 24.2 Å². The number of hydrogen-bond donors (Lipinski definition) is 0. The third-order valence-electron chi connectivity index (χ3n) is 3.21. The van der Waals surface area contributed by atoms with E-state index in [-0.39, 0.29) is 5.78 Å². The van der Waals surface area contributed by atoms with Gasteiger partial charge in [-0.25, -0.2) is 0 Å². The molecule has 1 atom stereocenters. The first-order valence-electron chi connectivity index (χ1n) is 7.02. The zero-order chi connectivity index (χ0) is 15.9. The molecule has 5 heteroatoms. The van der Waals surface area contributed by atoms with Crippen molar-refractivity contribution in [1.29, 1.82) is 0 Å². The molecule has 0 fully saturated rings. The summed E-state index contributed by atoms with van der Waals surface area (Å²) in [6.45, 7) is 2.45. The van der Waals surface area contributed by atoms with Crippen molar-refractivity contribution in [2.45, 2.75) is 13.0 Å². The Kier molecular flexibility index (Phi) is 5.61. The summed E-state index contributed by atoms with van der Waals surface area (Å²) in [5.41, 5.74) is 0.579. The summed E-state index contributed by atoms with van der Waals surface area (Å²) in [5, 5.41) is 0.388. The third kappa shape index (κ3) is 3.68. The van der Waals surface area contributed by atoms with Crippen LogP contribution >= 0.6 is 0 Å². The number of aliphatic imine (C=N–C) groups is 1. The predicted molar refractivity (Wildman–Crippen MR) is 88.3 cm³/mol. The van der Waals surface area contributed by atoms with E-state index in [1.807, 2.05) is 37.5 Å². The van der Waals surface area contributed by atoms with Gasteiger partial charge >= 0.3 is 0 Å². The fraction of sp³-hybridized carbons (Fsp3) is 0.235. The lowest BCUT2D eigenvalue weighted by Gasteiger charge is -2.18. The summed E-state index contributed by atoms with van der Waals surface area (Å²) in [7, 11) is 1.59. The number of rotatable bonds is 6. The molecule has 0 aliphatic heterocycles. The minimum atomic E-state index is -0.607. The van der Waals surface area contributed by atoms with Gasteiger partial charge in [-0.05, 0) is 36.2 Å². The Bertz CT molecular complexity index is 654. The monoisotopic (exact) mass is 314 g/mol. The predicted octanol–water partition coefficient (Wildman–Crippen LogP) is 2.37. The van der Waals surface area contributed by atoms with E-state index in [0.717, 1.165) is 0 Å². The molecule has 0 N–H and O–H groups in total. The molecule has 114 valence electrons. The largest absolute Gasteiger partial charge is 0.758 e. The van der Waals surface area contributed by atoms with E-state index in [4.69, 9.17) is 17.4 Å². The summed E-state index contributed by atoms with van der Waals surface area (Å²) >= 11 is 5.35. The van der Waals surface area contributed by atoms with Gasteiger partial charge in [-0.15, -0.1) is 0 Å². The summed E-state index contributed by atoms with van der Waals surface area (Å²) in [4.78, 5) is 17.1. The molecule has 0 bridgehead atoms. The summed E-state index contributed by atoms with van der Waals surface area (Å²) in [6, 6.07) is 12.0. The Morgan fingerprint density at radius 1 is 1.23 bits per heavy atom. The highest BCUT2D eigenvalue weighted by Crippen LogP contribution is 2.16. The average molecular weight is 314 g/mol. The first kappa shape index (κ1) is 16.1. The maximum Gasteiger partial charge on any atom is 0.237 e. The van der Waals surface area contributed by atoms with Crippen molar-refractivity contribution in [3.63, 3.8) is 0 Å². The van der Waals surface area contributed by atoms with E-state index in [0.29, 0.717) is 22.9 Å². The average Bonchev–Trinajstić information content (AvgIpc) is 2.56. The van der Waals surface area contributed by atoms with Crippen LogP contribution in [0.2, 0.25) is 0 Å². The molecule has 0 aliphatic carbocycles. The summed E-state index contributed by atoms with van der Waals surface area (Å²) in [6.07, 6.45) is 3.65. The van der Waals surface area contributed by atoms with E-state index in [2.05, 4.69) is 4.99 Å². The molecule has 0 amide bonds. The fourth-order valence-electron chi connectivity index (χ4n) is 2.11. The van der Waals surface area contributed by atoms with Crippen molar-refractivity contribution in [3.8, 4) is 5.75 Å². The Balaban J connectivity index is 2.39. The molecule has 1 heterocycles. The van der Waals surface area contributed by atoms with Gasteiger partial charge in [0.05, 0.1) is 7.11 Å². The lowest BCUT2D eigenvalue weighted by Crippen LogP contribution is -2.47. The number of carbonyl (C=O) groups excluding carboxylic acids is 1. The molecule has 0 saturated heterocycles. The van der Waals surface area contributed by atoms with Gasteiger partial charge in [0.2, 0.25) is 11.8 Å². The maximum atomic E-state index is 12.9. The van der Waals surface area contributed by atoms with Crippen molar-refractivity contribution in [2.75, 3.05) is 13.7 Å². The normalized spacial score (nSPS) is 12.7. The number of ketones is 1. The number of nitrogens with zero attached hydrogens (tertiary/aromatic N) is 2. The van der Waals surface area contributed by atoms with Crippen LogP contribution in [0.4, 0.5) is 0 Å². The van der Waals surface area contributed by atoms with E-state index in [1.165, 1.54) is 0 Å². The van der Waals surface area contributed by atoms with Gasteiger partial charge in [-0.2, -0.15) is 4.57 Å². The highest BCUT2D eigenvalue weighted by Gasteiger charge is 2.27. The molecule has 4 nitrogen and oxygen atoms in total. The van der Waals surface area contributed by atoms with Crippen molar-refractivity contribution in [2.24, 2.45) is 4.99 Å². The first-order chi connectivity index (χ1) is 10.7. The quantitative estimate of drug-likeness (QED) is 0.270. The number of ether oxygens (including phenoxy) is 1. The van der Waals surface area contributed by atoms with Crippen molar-refractivity contribution >= 4 is 23.5 Å².